The van der Waals surface area contributed by atoms with Gasteiger partial charge < -0.3 is 10.0 Å². The average Bonchev–Trinajstić information content (AvgIpc) is 2.37. The fraction of sp³-hybridized carbons (Fsp3) is 0.500. The monoisotopic (exact) mass is 215 g/mol. The molecule has 0 amide bonds. The number of thiocarbonyl (C=S) groups is 1. The van der Waals surface area contributed by atoms with Crippen LogP contribution in [0.5, 0.6) is 0 Å². The lowest BCUT2D eigenvalue weighted by Gasteiger charge is -2.37. The summed E-state index contributed by atoms with van der Waals surface area (Å²) < 4.78 is 0. The van der Waals surface area contributed by atoms with Gasteiger partial charge in [0.05, 0.1) is 10.4 Å². The van der Waals surface area contributed by atoms with Gasteiger partial charge in [-0.3, -0.25) is 0 Å². The van der Waals surface area contributed by atoms with Crippen LogP contribution in [0.4, 0.5) is 0 Å². The topological polar surface area (TPSA) is 40.5 Å². The third-order valence-electron chi connectivity index (χ3n) is 2.21. The zero-order valence-corrected chi connectivity index (χ0v) is 8.74. The molecule has 3 nitrogen and oxygen atoms in total. The Morgan fingerprint density at radius 2 is 2.54 bits per heavy atom. The van der Waals surface area contributed by atoms with Gasteiger partial charge in [-0.1, -0.05) is 19.1 Å². The van der Waals surface area contributed by atoms with Crippen molar-refractivity contribution in [1.82, 2.24) is 4.90 Å². The van der Waals surface area contributed by atoms with Crippen LogP contribution in [0.2, 0.25) is 0 Å². The largest absolute Gasteiger partial charge is 0.477 e. The van der Waals surface area contributed by atoms with Crippen molar-refractivity contribution in [3.63, 3.8) is 0 Å². The van der Waals surface area contributed by atoms with Gasteiger partial charge in [0.1, 0.15) is 5.70 Å². The summed E-state index contributed by atoms with van der Waals surface area (Å²) in [6.45, 7) is 1.97. The molecule has 70 valence electrons. The third kappa shape index (κ3) is 1.18. The van der Waals surface area contributed by atoms with E-state index < -0.39 is 5.97 Å². The molecule has 1 atom stereocenters. The molecule has 2 aliphatic heterocycles. The number of fused-ring (bicyclic) bond motifs is 1. The van der Waals surface area contributed by atoms with E-state index in [9.17, 15) is 4.79 Å². The van der Waals surface area contributed by atoms with Crippen LogP contribution in [-0.2, 0) is 4.79 Å². The van der Waals surface area contributed by atoms with Gasteiger partial charge in [0, 0.05) is 11.3 Å². The molecule has 1 fully saturated rings. The zero-order chi connectivity index (χ0) is 9.59. The van der Waals surface area contributed by atoms with Crippen molar-refractivity contribution < 1.29 is 9.90 Å². The first-order valence-corrected chi connectivity index (χ1v) is 5.39. The summed E-state index contributed by atoms with van der Waals surface area (Å²) in [5.74, 6) is -0.853. The highest BCUT2D eigenvalue weighted by molar-refractivity contribution is 8.04. The fourth-order valence-electron chi connectivity index (χ4n) is 1.58. The first-order chi connectivity index (χ1) is 6.15. The van der Waals surface area contributed by atoms with Gasteiger partial charge in [0.25, 0.3) is 0 Å². The quantitative estimate of drug-likeness (QED) is 0.711. The maximum absolute atomic E-state index is 10.9. The lowest BCUT2D eigenvalue weighted by Crippen LogP contribution is -2.47. The van der Waals surface area contributed by atoms with E-state index in [0.29, 0.717) is 5.70 Å². The fourth-order valence-corrected chi connectivity index (χ4v) is 3.50. The minimum Gasteiger partial charge on any atom is -0.477 e. The van der Waals surface area contributed by atoms with Crippen LogP contribution in [0.25, 0.3) is 0 Å². The van der Waals surface area contributed by atoms with Crippen LogP contribution in [0, 0.1) is 0 Å². The van der Waals surface area contributed by atoms with Crippen LogP contribution in [0.3, 0.4) is 0 Å². The molecule has 1 N–H and O–H groups in total. The summed E-state index contributed by atoms with van der Waals surface area (Å²) in [6, 6.07) is 0. The molecule has 2 aliphatic rings. The van der Waals surface area contributed by atoms with Crippen molar-refractivity contribution in [2.24, 2.45) is 0 Å². The van der Waals surface area contributed by atoms with Gasteiger partial charge in [0.2, 0.25) is 0 Å². The minimum absolute atomic E-state index is 0.272. The standard InChI is InChI=1S/C8H9NO2S2/c1-2-4-7(8(10)11)9-5(12)3-6(9)13-4/h6H,2-3H2,1H3,(H,10,11)/t6-/m0/s1. The zero-order valence-electron chi connectivity index (χ0n) is 7.11. The predicted molar refractivity (Wildman–Crippen MR) is 55.4 cm³/mol. The number of allylic oxidation sites excluding steroid dienone is 1. The van der Waals surface area contributed by atoms with Crippen molar-refractivity contribution in [3.05, 3.63) is 10.6 Å². The second-order valence-corrected chi connectivity index (χ2v) is 4.71. The van der Waals surface area contributed by atoms with Crippen LogP contribution < -0.4 is 0 Å². The minimum atomic E-state index is -0.853. The first kappa shape index (κ1) is 9.02. The van der Waals surface area contributed by atoms with E-state index in [4.69, 9.17) is 17.3 Å². The van der Waals surface area contributed by atoms with Crippen LogP contribution in [-0.4, -0.2) is 26.3 Å². The molecule has 0 spiro atoms. The molecule has 0 aromatic carbocycles. The number of hydrogen-bond acceptors (Lipinski definition) is 3. The van der Waals surface area contributed by atoms with Crippen molar-refractivity contribution in [2.45, 2.75) is 25.1 Å². The number of thioether (sulfide) groups is 1. The van der Waals surface area contributed by atoms with Crippen LogP contribution >= 0.6 is 24.0 Å². The molecule has 0 unspecified atom stereocenters. The number of aliphatic carboxylic acids is 1. The highest BCUT2D eigenvalue weighted by Crippen LogP contribution is 2.47. The third-order valence-corrected chi connectivity index (χ3v) is 3.99. The average molecular weight is 215 g/mol. The lowest BCUT2D eigenvalue weighted by atomic mass is 10.2. The number of carboxylic acid groups (broad SMARTS) is 1. The number of carbonyl (C=O) groups is 1. The van der Waals surface area contributed by atoms with Crippen molar-refractivity contribution >= 4 is 34.9 Å². The Hall–Kier alpha value is -0.550. The van der Waals surface area contributed by atoms with Gasteiger partial charge in [-0.05, 0) is 6.42 Å². The number of carboxylic acids is 1. The van der Waals surface area contributed by atoms with Gasteiger partial charge >= 0.3 is 5.97 Å². The molecular weight excluding hydrogens is 206 g/mol. The Kier molecular flexibility index (Phi) is 2.08. The second-order valence-electron chi connectivity index (χ2n) is 2.97. The Morgan fingerprint density at radius 1 is 1.85 bits per heavy atom. The molecule has 13 heavy (non-hydrogen) atoms. The second kappa shape index (κ2) is 2.99. The van der Waals surface area contributed by atoms with E-state index in [2.05, 4.69) is 0 Å². The number of rotatable bonds is 2. The van der Waals surface area contributed by atoms with Gasteiger partial charge in [0.15, 0.2) is 0 Å². The maximum atomic E-state index is 10.9. The van der Waals surface area contributed by atoms with E-state index in [1.54, 1.807) is 16.7 Å². The summed E-state index contributed by atoms with van der Waals surface area (Å²) in [6.07, 6.45) is 1.63. The molecule has 1 saturated heterocycles. The summed E-state index contributed by atoms with van der Waals surface area (Å²) in [7, 11) is 0. The molecule has 5 heteroatoms. The van der Waals surface area contributed by atoms with Gasteiger partial charge in [-0.15, -0.1) is 11.8 Å². The maximum Gasteiger partial charge on any atom is 0.353 e. The molecule has 0 aliphatic carbocycles. The Labute approximate surface area is 85.8 Å². The molecule has 0 aromatic heterocycles. The molecule has 0 saturated carbocycles. The van der Waals surface area contributed by atoms with Crippen molar-refractivity contribution in [3.8, 4) is 0 Å². The van der Waals surface area contributed by atoms with E-state index in [0.717, 1.165) is 22.7 Å². The highest BCUT2D eigenvalue weighted by Gasteiger charge is 2.45. The summed E-state index contributed by atoms with van der Waals surface area (Å²) in [5.41, 5.74) is 0.411. The van der Waals surface area contributed by atoms with Crippen molar-refractivity contribution in [1.29, 1.82) is 0 Å². The van der Waals surface area contributed by atoms with E-state index in [1.807, 2.05) is 6.92 Å². The predicted octanol–water partition coefficient (Wildman–Crippen LogP) is 1.80. The molecular formula is C8H9NO2S2. The lowest BCUT2D eigenvalue weighted by molar-refractivity contribution is -0.134. The van der Waals surface area contributed by atoms with E-state index in [-0.39, 0.29) is 5.37 Å². The van der Waals surface area contributed by atoms with E-state index >= 15 is 0 Å². The Balaban J connectivity index is 2.34. The van der Waals surface area contributed by atoms with Crippen LogP contribution in [0.1, 0.15) is 19.8 Å². The summed E-state index contributed by atoms with van der Waals surface area (Å²) >= 11 is 6.67. The summed E-state index contributed by atoms with van der Waals surface area (Å²) in [5, 5.41) is 9.25. The molecule has 0 radical (unpaired) electrons. The Morgan fingerprint density at radius 3 is 3.00 bits per heavy atom. The van der Waals surface area contributed by atoms with Crippen molar-refractivity contribution in [2.75, 3.05) is 0 Å². The SMILES string of the molecule is CCC1=C(C(=O)O)N2C(=S)C[C@@H]2S1. The number of nitrogens with zero attached hydrogens (tertiary/aromatic N) is 1. The molecule has 2 rings (SSSR count). The van der Waals surface area contributed by atoms with Gasteiger partial charge in [-0.2, -0.15) is 0 Å². The smallest absolute Gasteiger partial charge is 0.353 e. The highest BCUT2D eigenvalue weighted by atomic mass is 32.2. The number of hydrogen-bond donors (Lipinski definition) is 1. The molecule has 0 bridgehead atoms. The summed E-state index contributed by atoms with van der Waals surface area (Å²) in [4.78, 5) is 14.4. The van der Waals surface area contributed by atoms with E-state index in [1.165, 1.54) is 0 Å². The first-order valence-electron chi connectivity index (χ1n) is 4.10. The molecule has 2 heterocycles. The van der Waals surface area contributed by atoms with Gasteiger partial charge in [-0.25, -0.2) is 4.79 Å². The molecule has 0 aromatic rings. The van der Waals surface area contributed by atoms with Crippen LogP contribution in [0.15, 0.2) is 10.6 Å². The normalized spacial score (nSPS) is 26.1. The Bertz CT molecular complexity index is 324.